The number of piperazine rings is 1. The van der Waals surface area contributed by atoms with Gasteiger partial charge < -0.3 is 5.32 Å². The maximum absolute atomic E-state index is 12.4. The Morgan fingerprint density at radius 3 is 2.36 bits per heavy atom. The van der Waals surface area contributed by atoms with Crippen LogP contribution in [0.5, 0.6) is 0 Å². The third kappa shape index (κ3) is 5.22. The van der Waals surface area contributed by atoms with Gasteiger partial charge in [-0.2, -0.15) is 0 Å². The smallest absolute Gasteiger partial charge is 0.223 e. The Bertz CT molecular complexity index is 772. The molecule has 2 aromatic carbocycles. The third-order valence-corrected chi connectivity index (χ3v) is 6.40. The van der Waals surface area contributed by atoms with Gasteiger partial charge in [-0.25, -0.2) is 0 Å². The monoisotopic (exact) mass is 441 g/mol. The van der Waals surface area contributed by atoms with Crippen LogP contribution >= 0.6 is 15.9 Å². The van der Waals surface area contributed by atoms with Crippen molar-refractivity contribution in [3.63, 3.8) is 0 Å². The zero-order chi connectivity index (χ0) is 19.3. The van der Waals surface area contributed by atoms with Crippen molar-refractivity contribution in [1.29, 1.82) is 0 Å². The minimum atomic E-state index is 0.156. The summed E-state index contributed by atoms with van der Waals surface area (Å²) in [6.45, 7) is 7.07. The van der Waals surface area contributed by atoms with Crippen molar-refractivity contribution < 1.29 is 4.79 Å². The summed E-state index contributed by atoms with van der Waals surface area (Å²) in [5, 5.41) is 3.15. The second kappa shape index (κ2) is 9.21. The molecule has 28 heavy (non-hydrogen) atoms. The lowest BCUT2D eigenvalue weighted by atomic mass is 10.1. The van der Waals surface area contributed by atoms with E-state index in [1.165, 1.54) is 11.1 Å². The lowest BCUT2D eigenvalue weighted by Gasteiger charge is -2.34. The van der Waals surface area contributed by atoms with E-state index in [0.29, 0.717) is 5.92 Å². The van der Waals surface area contributed by atoms with E-state index in [1.807, 2.05) is 0 Å². The summed E-state index contributed by atoms with van der Waals surface area (Å²) >= 11 is 3.46. The first-order chi connectivity index (χ1) is 13.7. The minimum absolute atomic E-state index is 0.156. The van der Waals surface area contributed by atoms with Crippen LogP contribution in [0.2, 0.25) is 0 Å². The van der Waals surface area contributed by atoms with E-state index in [1.54, 1.807) is 0 Å². The topological polar surface area (TPSA) is 35.6 Å². The van der Waals surface area contributed by atoms with Gasteiger partial charge in [0.15, 0.2) is 0 Å². The standard InChI is InChI=1S/C23H28BrN3O/c24-20-8-6-19(7-9-20)21-16-22(21)23(28)25-10-11-26-12-14-27(15-13-26)17-18-4-2-1-3-5-18/h1-9,21-22H,10-17H2,(H,25,28). The molecule has 1 heterocycles. The molecule has 4 rings (SSSR count). The summed E-state index contributed by atoms with van der Waals surface area (Å²) in [5.41, 5.74) is 2.66. The maximum Gasteiger partial charge on any atom is 0.223 e. The average Bonchev–Trinajstić information content (AvgIpc) is 3.52. The van der Waals surface area contributed by atoms with Crippen molar-refractivity contribution in [2.45, 2.75) is 18.9 Å². The molecule has 0 radical (unpaired) electrons. The Morgan fingerprint density at radius 2 is 1.64 bits per heavy atom. The molecule has 1 aliphatic carbocycles. The summed E-state index contributed by atoms with van der Waals surface area (Å²) in [6, 6.07) is 19.0. The molecular formula is C23H28BrN3O. The maximum atomic E-state index is 12.4. The molecule has 2 atom stereocenters. The fourth-order valence-electron chi connectivity index (χ4n) is 4.04. The van der Waals surface area contributed by atoms with Crippen molar-refractivity contribution in [3.8, 4) is 0 Å². The molecule has 2 unspecified atom stereocenters. The van der Waals surface area contributed by atoms with Crippen LogP contribution < -0.4 is 5.32 Å². The SMILES string of the molecule is O=C(NCCN1CCN(Cc2ccccc2)CC1)C1CC1c1ccc(Br)cc1. The van der Waals surface area contributed by atoms with Crippen LogP contribution in [-0.4, -0.2) is 55.0 Å². The molecule has 5 heteroatoms. The average molecular weight is 442 g/mol. The molecule has 1 amide bonds. The molecule has 2 aromatic rings. The number of hydrogen-bond donors (Lipinski definition) is 1. The van der Waals surface area contributed by atoms with Crippen LogP contribution in [0, 0.1) is 5.92 Å². The van der Waals surface area contributed by atoms with E-state index in [2.05, 4.69) is 85.6 Å². The van der Waals surface area contributed by atoms with Crippen molar-refractivity contribution in [3.05, 3.63) is 70.2 Å². The van der Waals surface area contributed by atoms with Gasteiger partial charge in [-0.15, -0.1) is 0 Å². The number of carbonyl (C=O) groups is 1. The zero-order valence-electron chi connectivity index (χ0n) is 16.2. The fraction of sp³-hybridized carbons (Fsp3) is 0.435. The summed E-state index contributed by atoms with van der Waals surface area (Å²) in [7, 11) is 0. The van der Waals surface area contributed by atoms with Crippen LogP contribution in [0.4, 0.5) is 0 Å². The number of halogens is 1. The molecule has 1 N–H and O–H groups in total. The molecule has 2 fully saturated rings. The molecule has 0 aromatic heterocycles. The normalized spacial score (nSPS) is 22.8. The molecule has 0 spiro atoms. The van der Waals surface area contributed by atoms with Crippen molar-refractivity contribution in [2.24, 2.45) is 5.92 Å². The van der Waals surface area contributed by atoms with Crippen LogP contribution in [0.3, 0.4) is 0 Å². The van der Waals surface area contributed by atoms with E-state index in [-0.39, 0.29) is 11.8 Å². The number of rotatable bonds is 7. The lowest BCUT2D eigenvalue weighted by molar-refractivity contribution is -0.122. The van der Waals surface area contributed by atoms with Gasteiger partial charge in [-0.05, 0) is 35.6 Å². The molecule has 1 saturated carbocycles. The number of nitrogens with one attached hydrogen (secondary N) is 1. The molecule has 1 saturated heterocycles. The van der Waals surface area contributed by atoms with Gasteiger partial charge in [0.05, 0.1) is 0 Å². The second-order valence-corrected chi connectivity index (χ2v) is 8.81. The predicted octanol–water partition coefficient (Wildman–Crippen LogP) is 3.49. The molecule has 4 nitrogen and oxygen atoms in total. The first-order valence-corrected chi connectivity index (χ1v) is 11.0. The molecule has 148 valence electrons. The van der Waals surface area contributed by atoms with Crippen LogP contribution in [0.1, 0.15) is 23.5 Å². The van der Waals surface area contributed by atoms with E-state index in [9.17, 15) is 4.79 Å². The van der Waals surface area contributed by atoms with Crippen molar-refractivity contribution in [2.75, 3.05) is 39.3 Å². The first kappa shape index (κ1) is 19.6. The highest BCUT2D eigenvalue weighted by atomic mass is 79.9. The third-order valence-electron chi connectivity index (χ3n) is 5.87. The van der Waals surface area contributed by atoms with Gasteiger partial charge in [0.2, 0.25) is 5.91 Å². The van der Waals surface area contributed by atoms with Gasteiger partial charge >= 0.3 is 0 Å². The largest absolute Gasteiger partial charge is 0.355 e. The van der Waals surface area contributed by atoms with Gasteiger partial charge in [0.25, 0.3) is 0 Å². The number of hydrogen-bond acceptors (Lipinski definition) is 3. The molecule has 1 aliphatic heterocycles. The Labute approximate surface area is 176 Å². The lowest BCUT2D eigenvalue weighted by Crippen LogP contribution is -2.48. The Morgan fingerprint density at radius 1 is 0.964 bits per heavy atom. The van der Waals surface area contributed by atoms with Crippen LogP contribution in [-0.2, 0) is 11.3 Å². The second-order valence-electron chi connectivity index (χ2n) is 7.89. The Kier molecular flexibility index (Phi) is 6.45. The highest BCUT2D eigenvalue weighted by Gasteiger charge is 2.43. The molecular weight excluding hydrogens is 414 g/mol. The van der Waals surface area contributed by atoms with Crippen molar-refractivity contribution >= 4 is 21.8 Å². The van der Waals surface area contributed by atoms with Gasteiger partial charge in [0.1, 0.15) is 0 Å². The highest BCUT2D eigenvalue weighted by molar-refractivity contribution is 9.10. The summed E-state index contributed by atoms with van der Waals surface area (Å²) in [5.74, 6) is 0.772. The number of amides is 1. The van der Waals surface area contributed by atoms with Gasteiger partial charge in [0, 0.05) is 56.2 Å². The van der Waals surface area contributed by atoms with E-state index in [0.717, 1.165) is 56.7 Å². The Balaban J connectivity index is 1.13. The highest BCUT2D eigenvalue weighted by Crippen LogP contribution is 2.47. The van der Waals surface area contributed by atoms with E-state index < -0.39 is 0 Å². The summed E-state index contributed by atoms with van der Waals surface area (Å²) < 4.78 is 1.08. The van der Waals surface area contributed by atoms with Gasteiger partial charge in [-0.3, -0.25) is 14.6 Å². The fourth-order valence-corrected chi connectivity index (χ4v) is 4.31. The predicted molar refractivity (Wildman–Crippen MR) is 116 cm³/mol. The molecule has 2 aliphatic rings. The molecule has 0 bridgehead atoms. The van der Waals surface area contributed by atoms with Gasteiger partial charge in [-0.1, -0.05) is 58.4 Å². The Hall–Kier alpha value is -1.69. The quantitative estimate of drug-likeness (QED) is 0.713. The number of benzene rings is 2. The number of nitrogens with zero attached hydrogens (tertiary/aromatic N) is 2. The van der Waals surface area contributed by atoms with E-state index in [4.69, 9.17) is 0 Å². The van der Waals surface area contributed by atoms with E-state index >= 15 is 0 Å². The summed E-state index contributed by atoms with van der Waals surface area (Å²) in [4.78, 5) is 17.4. The van der Waals surface area contributed by atoms with Crippen LogP contribution in [0.15, 0.2) is 59.1 Å². The van der Waals surface area contributed by atoms with Crippen LogP contribution in [0.25, 0.3) is 0 Å². The summed E-state index contributed by atoms with van der Waals surface area (Å²) in [6.07, 6.45) is 0.978. The minimum Gasteiger partial charge on any atom is -0.355 e. The van der Waals surface area contributed by atoms with Crippen molar-refractivity contribution in [1.82, 2.24) is 15.1 Å². The first-order valence-electron chi connectivity index (χ1n) is 10.2. The number of carbonyl (C=O) groups excluding carboxylic acids is 1. The zero-order valence-corrected chi connectivity index (χ0v) is 17.8.